The number of thiazole rings is 1. The highest BCUT2D eigenvalue weighted by Gasteiger charge is 1.96. The molecule has 0 aliphatic carbocycles. The van der Waals surface area contributed by atoms with Gasteiger partial charge in [0.15, 0.2) is 0 Å². The summed E-state index contributed by atoms with van der Waals surface area (Å²) in [4.78, 5) is 8.43. The number of rotatable bonds is 4. The van der Waals surface area contributed by atoms with Gasteiger partial charge in [-0.1, -0.05) is 0 Å². The molecule has 0 aliphatic heterocycles. The summed E-state index contributed by atoms with van der Waals surface area (Å²) in [5.41, 5.74) is 0. The molecule has 0 amide bonds. The highest BCUT2D eigenvalue weighted by Crippen LogP contribution is 2.10. The van der Waals surface area contributed by atoms with Crippen LogP contribution < -0.4 is 5.32 Å². The molecule has 2 aromatic heterocycles. The summed E-state index contributed by atoms with van der Waals surface area (Å²) in [5.74, 6) is 0.898. The molecule has 15 heavy (non-hydrogen) atoms. The number of anilines is 1. The zero-order valence-electron chi connectivity index (χ0n) is 7.98. The van der Waals surface area contributed by atoms with Crippen LogP contribution in [0.1, 0.15) is 5.01 Å². The van der Waals surface area contributed by atoms with Crippen molar-refractivity contribution in [2.24, 2.45) is 0 Å². The Morgan fingerprint density at radius 2 is 2.27 bits per heavy atom. The van der Waals surface area contributed by atoms with Crippen molar-refractivity contribution >= 4 is 33.1 Å². The third-order valence-electron chi connectivity index (χ3n) is 1.86. The molecule has 0 aromatic carbocycles. The molecule has 0 aliphatic rings. The lowest BCUT2D eigenvalue weighted by Crippen LogP contribution is -2.05. The number of pyridine rings is 1. The molecule has 78 valence electrons. The summed E-state index contributed by atoms with van der Waals surface area (Å²) in [6.07, 6.45) is 4.55. The number of hydrogen-bond donors (Lipinski definition) is 1. The Labute approximate surface area is 101 Å². The first-order chi connectivity index (χ1) is 7.34. The Balaban J connectivity index is 1.81. The van der Waals surface area contributed by atoms with Crippen molar-refractivity contribution in [1.82, 2.24) is 9.97 Å². The lowest BCUT2D eigenvalue weighted by molar-refractivity contribution is 0.987. The number of halogens is 1. The van der Waals surface area contributed by atoms with E-state index >= 15 is 0 Å². The maximum atomic E-state index is 4.22. The topological polar surface area (TPSA) is 37.8 Å². The molecule has 1 N–H and O–H groups in total. The van der Waals surface area contributed by atoms with Gasteiger partial charge in [0.05, 0.1) is 5.01 Å². The maximum absolute atomic E-state index is 4.22. The molecule has 2 aromatic rings. The highest BCUT2D eigenvalue weighted by atomic mass is 79.9. The van der Waals surface area contributed by atoms with Crippen molar-refractivity contribution in [3.05, 3.63) is 39.4 Å². The zero-order chi connectivity index (χ0) is 10.5. The van der Waals surface area contributed by atoms with Gasteiger partial charge in [0.1, 0.15) is 5.82 Å². The van der Waals surface area contributed by atoms with Crippen molar-refractivity contribution < 1.29 is 0 Å². The molecule has 2 rings (SSSR count). The van der Waals surface area contributed by atoms with E-state index in [0.29, 0.717) is 0 Å². The predicted octanol–water partition coefficient (Wildman–Crippen LogP) is 2.96. The van der Waals surface area contributed by atoms with Crippen molar-refractivity contribution in [3.8, 4) is 0 Å². The fraction of sp³-hybridized carbons (Fsp3) is 0.200. The van der Waals surface area contributed by atoms with Crippen LogP contribution in [0.2, 0.25) is 0 Å². The fourth-order valence-electron chi connectivity index (χ4n) is 1.15. The SMILES string of the molecule is Brc1ccc(NCCc2nccs2)nc1. The smallest absolute Gasteiger partial charge is 0.125 e. The molecule has 0 saturated heterocycles. The van der Waals surface area contributed by atoms with E-state index in [9.17, 15) is 0 Å². The van der Waals surface area contributed by atoms with Crippen LogP contribution in [0.25, 0.3) is 0 Å². The summed E-state index contributed by atoms with van der Waals surface area (Å²) in [6, 6.07) is 3.92. The van der Waals surface area contributed by atoms with Crippen LogP contribution >= 0.6 is 27.3 Å². The number of hydrogen-bond acceptors (Lipinski definition) is 4. The molecule has 0 fully saturated rings. The first-order valence-corrected chi connectivity index (χ1v) is 6.25. The van der Waals surface area contributed by atoms with Gasteiger partial charge in [-0.15, -0.1) is 11.3 Å². The Kier molecular flexibility index (Phi) is 3.69. The molecule has 0 bridgehead atoms. The summed E-state index contributed by atoms with van der Waals surface area (Å²) >= 11 is 5.03. The van der Waals surface area contributed by atoms with E-state index in [4.69, 9.17) is 0 Å². The lowest BCUT2D eigenvalue weighted by atomic mass is 10.4. The third-order valence-corrected chi connectivity index (χ3v) is 3.16. The van der Waals surface area contributed by atoms with Gasteiger partial charge in [0, 0.05) is 35.2 Å². The van der Waals surface area contributed by atoms with Crippen molar-refractivity contribution in [2.45, 2.75) is 6.42 Å². The molecular formula is C10H10BrN3S. The van der Waals surface area contributed by atoms with Crippen LogP contribution in [0.4, 0.5) is 5.82 Å². The van der Waals surface area contributed by atoms with Gasteiger partial charge >= 0.3 is 0 Å². The Morgan fingerprint density at radius 3 is 2.93 bits per heavy atom. The van der Waals surface area contributed by atoms with E-state index in [1.165, 1.54) is 0 Å². The van der Waals surface area contributed by atoms with Gasteiger partial charge in [-0.2, -0.15) is 0 Å². The molecule has 3 nitrogen and oxygen atoms in total. The first kappa shape index (κ1) is 10.6. The zero-order valence-corrected chi connectivity index (χ0v) is 10.4. The minimum atomic E-state index is 0.863. The Bertz CT molecular complexity index is 399. The van der Waals surface area contributed by atoms with Crippen LogP contribution in [0.5, 0.6) is 0 Å². The molecule has 0 saturated carbocycles. The predicted molar refractivity (Wildman–Crippen MR) is 66.2 cm³/mol. The average Bonchev–Trinajstić information content (AvgIpc) is 2.74. The standard InChI is InChI=1S/C10H10BrN3S/c11-8-1-2-9(14-7-8)12-4-3-10-13-5-6-15-10/h1-2,5-7H,3-4H2,(H,12,14). The quantitative estimate of drug-likeness (QED) is 0.938. The maximum Gasteiger partial charge on any atom is 0.125 e. The molecule has 0 radical (unpaired) electrons. The van der Waals surface area contributed by atoms with Crippen molar-refractivity contribution in [1.29, 1.82) is 0 Å². The Hall–Kier alpha value is -0.940. The Morgan fingerprint density at radius 1 is 1.33 bits per heavy atom. The van der Waals surface area contributed by atoms with Gasteiger partial charge in [-0.05, 0) is 28.1 Å². The molecule has 0 spiro atoms. The third kappa shape index (κ3) is 3.28. The largest absolute Gasteiger partial charge is 0.370 e. The summed E-state index contributed by atoms with van der Waals surface area (Å²) in [5, 5.41) is 6.39. The van der Waals surface area contributed by atoms with Crippen molar-refractivity contribution in [2.75, 3.05) is 11.9 Å². The summed E-state index contributed by atoms with van der Waals surface area (Å²) in [7, 11) is 0. The summed E-state index contributed by atoms with van der Waals surface area (Å²) < 4.78 is 0.993. The summed E-state index contributed by atoms with van der Waals surface area (Å²) in [6.45, 7) is 0.863. The number of aromatic nitrogens is 2. The van der Waals surface area contributed by atoms with Crippen LogP contribution in [0.15, 0.2) is 34.4 Å². The second-order valence-corrected chi connectivity index (χ2v) is 4.86. The van der Waals surface area contributed by atoms with Gasteiger partial charge in [-0.3, -0.25) is 0 Å². The van der Waals surface area contributed by atoms with Gasteiger partial charge in [-0.25, -0.2) is 9.97 Å². The van der Waals surface area contributed by atoms with E-state index in [1.807, 2.05) is 23.7 Å². The van der Waals surface area contributed by atoms with Crippen LogP contribution in [-0.4, -0.2) is 16.5 Å². The molecule has 5 heteroatoms. The first-order valence-electron chi connectivity index (χ1n) is 4.58. The fourth-order valence-corrected chi connectivity index (χ4v) is 2.01. The van der Waals surface area contributed by atoms with Crippen LogP contribution in [0, 0.1) is 0 Å². The number of nitrogens with zero attached hydrogens (tertiary/aromatic N) is 2. The van der Waals surface area contributed by atoms with E-state index in [2.05, 4.69) is 31.2 Å². The monoisotopic (exact) mass is 283 g/mol. The highest BCUT2D eigenvalue weighted by molar-refractivity contribution is 9.10. The average molecular weight is 284 g/mol. The lowest BCUT2D eigenvalue weighted by Gasteiger charge is -2.03. The normalized spacial score (nSPS) is 10.2. The van der Waals surface area contributed by atoms with E-state index in [-0.39, 0.29) is 0 Å². The number of nitrogens with one attached hydrogen (secondary N) is 1. The minimum absolute atomic E-state index is 0.863. The van der Waals surface area contributed by atoms with E-state index in [0.717, 1.165) is 28.3 Å². The second kappa shape index (κ2) is 5.23. The van der Waals surface area contributed by atoms with Gasteiger partial charge < -0.3 is 5.32 Å². The molecule has 2 heterocycles. The van der Waals surface area contributed by atoms with Crippen LogP contribution in [0.3, 0.4) is 0 Å². The minimum Gasteiger partial charge on any atom is -0.370 e. The molecule has 0 unspecified atom stereocenters. The van der Waals surface area contributed by atoms with E-state index in [1.54, 1.807) is 17.5 Å². The van der Waals surface area contributed by atoms with Crippen LogP contribution in [-0.2, 0) is 6.42 Å². The van der Waals surface area contributed by atoms with Gasteiger partial charge in [0.2, 0.25) is 0 Å². The molecular weight excluding hydrogens is 274 g/mol. The van der Waals surface area contributed by atoms with Crippen molar-refractivity contribution in [3.63, 3.8) is 0 Å². The second-order valence-electron chi connectivity index (χ2n) is 2.96. The molecule has 0 atom stereocenters. The van der Waals surface area contributed by atoms with Gasteiger partial charge in [0.25, 0.3) is 0 Å². The van der Waals surface area contributed by atoms with E-state index < -0.39 is 0 Å².